The maximum atomic E-state index is 11.8. The quantitative estimate of drug-likeness (QED) is 0.743. The van der Waals surface area contributed by atoms with Crippen molar-refractivity contribution in [3.63, 3.8) is 0 Å². The number of carbonyl (C=O) groups excluding carboxylic acids is 1. The highest BCUT2D eigenvalue weighted by Crippen LogP contribution is 2.21. The molecule has 8 heteroatoms. The van der Waals surface area contributed by atoms with Crippen LogP contribution < -0.4 is 10.5 Å². The maximum Gasteiger partial charge on any atom is 0.251 e. The van der Waals surface area contributed by atoms with Crippen LogP contribution in [-0.2, 0) is 14.8 Å². The molecule has 0 aliphatic heterocycles. The summed E-state index contributed by atoms with van der Waals surface area (Å²) < 4.78 is 28.0. The summed E-state index contributed by atoms with van der Waals surface area (Å²) in [4.78, 5) is 11.7. The maximum absolute atomic E-state index is 11.8. The largest absolute Gasteiger partial charge is 0.380 e. The van der Waals surface area contributed by atoms with Crippen LogP contribution in [0.5, 0.6) is 0 Å². The second kappa shape index (κ2) is 6.99. The van der Waals surface area contributed by atoms with Gasteiger partial charge < -0.3 is 10.1 Å². The van der Waals surface area contributed by atoms with E-state index in [0.717, 1.165) is 0 Å². The van der Waals surface area contributed by atoms with Gasteiger partial charge in [0, 0.05) is 23.2 Å². The topological polar surface area (TPSA) is 98.5 Å². The zero-order valence-corrected chi connectivity index (χ0v) is 12.8. The van der Waals surface area contributed by atoms with E-state index >= 15 is 0 Å². The van der Waals surface area contributed by atoms with Gasteiger partial charge in [-0.05, 0) is 41.1 Å². The van der Waals surface area contributed by atoms with Gasteiger partial charge in [-0.15, -0.1) is 0 Å². The van der Waals surface area contributed by atoms with Crippen LogP contribution in [0.2, 0.25) is 0 Å². The molecule has 19 heavy (non-hydrogen) atoms. The molecule has 0 heterocycles. The third-order valence-electron chi connectivity index (χ3n) is 2.24. The number of halogens is 1. The number of ether oxygens (including phenoxy) is 1. The summed E-state index contributed by atoms with van der Waals surface area (Å²) in [7, 11) is -3.87. The normalized spacial score (nSPS) is 11.3. The van der Waals surface area contributed by atoms with Crippen LogP contribution in [-0.4, -0.2) is 34.1 Å². The SMILES string of the molecule is CCOCCNC(=O)c1ccc(Br)c(S(N)(=O)=O)c1. The van der Waals surface area contributed by atoms with E-state index in [-0.39, 0.29) is 16.4 Å². The molecular formula is C11H15BrN2O4S. The van der Waals surface area contributed by atoms with Gasteiger partial charge in [0.1, 0.15) is 0 Å². The Morgan fingerprint density at radius 2 is 2.16 bits per heavy atom. The van der Waals surface area contributed by atoms with Gasteiger partial charge in [0.15, 0.2) is 0 Å². The van der Waals surface area contributed by atoms with Crippen molar-refractivity contribution in [1.82, 2.24) is 5.32 Å². The fourth-order valence-electron chi connectivity index (χ4n) is 1.35. The van der Waals surface area contributed by atoms with Crippen molar-refractivity contribution in [2.45, 2.75) is 11.8 Å². The highest BCUT2D eigenvalue weighted by atomic mass is 79.9. The first-order valence-corrected chi connectivity index (χ1v) is 7.88. The van der Waals surface area contributed by atoms with Crippen LogP contribution in [0.1, 0.15) is 17.3 Å². The molecule has 0 saturated heterocycles. The predicted molar refractivity (Wildman–Crippen MR) is 74.3 cm³/mol. The summed E-state index contributed by atoms with van der Waals surface area (Å²) in [5.74, 6) is -0.378. The van der Waals surface area contributed by atoms with Crippen LogP contribution in [0.15, 0.2) is 27.6 Å². The number of sulfonamides is 1. The summed E-state index contributed by atoms with van der Waals surface area (Å²) in [6, 6.07) is 4.21. The van der Waals surface area contributed by atoms with Gasteiger partial charge in [0.25, 0.3) is 5.91 Å². The van der Waals surface area contributed by atoms with Crippen LogP contribution in [0.25, 0.3) is 0 Å². The van der Waals surface area contributed by atoms with Gasteiger partial charge in [-0.3, -0.25) is 4.79 Å². The minimum absolute atomic E-state index is 0.120. The number of carbonyl (C=O) groups is 1. The van der Waals surface area contributed by atoms with Gasteiger partial charge in [-0.25, -0.2) is 13.6 Å². The molecule has 0 fully saturated rings. The van der Waals surface area contributed by atoms with Crippen LogP contribution in [0.4, 0.5) is 0 Å². The average molecular weight is 351 g/mol. The van der Waals surface area contributed by atoms with E-state index in [1.165, 1.54) is 18.2 Å². The number of primary sulfonamides is 1. The smallest absolute Gasteiger partial charge is 0.251 e. The molecule has 0 aliphatic rings. The lowest BCUT2D eigenvalue weighted by Crippen LogP contribution is -2.27. The van der Waals surface area contributed by atoms with Crippen molar-refractivity contribution in [2.75, 3.05) is 19.8 Å². The van der Waals surface area contributed by atoms with Crippen molar-refractivity contribution in [3.05, 3.63) is 28.2 Å². The molecule has 0 aromatic heterocycles. The summed E-state index contributed by atoms with van der Waals surface area (Å²) in [5, 5.41) is 7.67. The van der Waals surface area contributed by atoms with Gasteiger partial charge >= 0.3 is 0 Å². The van der Waals surface area contributed by atoms with Crippen molar-refractivity contribution >= 4 is 31.9 Å². The van der Waals surface area contributed by atoms with Crippen LogP contribution >= 0.6 is 15.9 Å². The van der Waals surface area contributed by atoms with E-state index in [9.17, 15) is 13.2 Å². The molecule has 0 radical (unpaired) electrons. The third kappa shape index (κ3) is 4.90. The highest BCUT2D eigenvalue weighted by Gasteiger charge is 2.15. The molecule has 0 unspecified atom stereocenters. The lowest BCUT2D eigenvalue weighted by Gasteiger charge is -2.07. The Labute approximate surface area is 120 Å². The van der Waals surface area contributed by atoms with E-state index in [1.54, 1.807) is 0 Å². The standard InChI is InChI=1S/C11H15BrN2O4S/c1-2-18-6-5-14-11(15)8-3-4-9(12)10(7-8)19(13,16)17/h3-4,7H,2,5-6H2,1H3,(H,14,15)(H2,13,16,17). The van der Waals surface area contributed by atoms with Gasteiger partial charge in [-0.1, -0.05) is 0 Å². The van der Waals surface area contributed by atoms with Gasteiger partial charge in [0.05, 0.1) is 11.5 Å². The molecule has 1 aromatic rings. The molecule has 1 rings (SSSR count). The molecule has 0 atom stereocenters. The molecule has 1 amide bonds. The number of benzene rings is 1. The molecule has 6 nitrogen and oxygen atoms in total. The number of rotatable bonds is 6. The monoisotopic (exact) mass is 350 g/mol. The number of hydrogen-bond donors (Lipinski definition) is 2. The molecule has 0 aliphatic carbocycles. The van der Waals surface area contributed by atoms with Crippen LogP contribution in [0, 0.1) is 0 Å². The fraction of sp³-hybridized carbons (Fsp3) is 0.364. The van der Waals surface area contributed by atoms with E-state index in [0.29, 0.717) is 24.2 Å². The Bertz CT molecular complexity index is 560. The van der Waals surface area contributed by atoms with E-state index in [4.69, 9.17) is 9.88 Å². The molecule has 3 N–H and O–H groups in total. The number of hydrogen-bond acceptors (Lipinski definition) is 4. The first kappa shape index (κ1) is 16.1. The number of nitrogens with two attached hydrogens (primary N) is 1. The summed E-state index contributed by atoms with van der Waals surface area (Å²) >= 11 is 3.08. The second-order valence-corrected chi connectivity index (χ2v) is 6.03. The Morgan fingerprint density at radius 1 is 1.47 bits per heavy atom. The van der Waals surface area contributed by atoms with E-state index in [2.05, 4.69) is 21.2 Å². The average Bonchev–Trinajstić information content (AvgIpc) is 2.33. The number of nitrogens with one attached hydrogen (secondary N) is 1. The van der Waals surface area contributed by atoms with Crippen molar-refractivity contribution in [1.29, 1.82) is 0 Å². The molecule has 106 valence electrons. The minimum Gasteiger partial charge on any atom is -0.380 e. The zero-order chi connectivity index (χ0) is 14.5. The Hall–Kier alpha value is -0.960. The van der Waals surface area contributed by atoms with Gasteiger partial charge in [0.2, 0.25) is 10.0 Å². The molecule has 0 saturated carbocycles. The zero-order valence-electron chi connectivity index (χ0n) is 10.3. The van der Waals surface area contributed by atoms with E-state index < -0.39 is 10.0 Å². The summed E-state index contributed by atoms with van der Waals surface area (Å²) in [6.45, 7) is 3.19. The van der Waals surface area contributed by atoms with Crippen molar-refractivity contribution in [3.8, 4) is 0 Å². The third-order valence-corrected chi connectivity index (χ3v) is 4.14. The Morgan fingerprint density at radius 3 is 2.74 bits per heavy atom. The van der Waals surface area contributed by atoms with Crippen LogP contribution in [0.3, 0.4) is 0 Å². The highest BCUT2D eigenvalue weighted by molar-refractivity contribution is 9.10. The molecule has 0 bridgehead atoms. The second-order valence-electron chi connectivity index (χ2n) is 3.64. The Balaban J connectivity index is 2.82. The molecule has 0 spiro atoms. The number of amides is 1. The van der Waals surface area contributed by atoms with Crippen molar-refractivity contribution < 1.29 is 17.9 Å². The lowest BCUT2D eigenvalue weighted by molar-refractivity contribution is 0.0922. The predicted octanol–water partition coefficient (Wildman–Crippen LogP) is 0.863. The minimum atomic E-state index is -3.87. The van der Waals surface area contributed by atoms with E-state index in [1.807, 2.05) is 6.92 Å². The molecular weight excluding hydrogens is 336 g/mol. The summed E-state index contributed by atoms with van der Waals surface area (Å²) in [6.07, 6.45) is 0. The first-order valence-electron chi connectivity index (χ1n) is 5.54. The fourth-order valence-corrected chi connectivity index (χ4v) is 2.90. The Kier molecular flexibility index (Phi) is 5.92. The summed E-state index contributed by atoms with van der Waals surface area (Å²) in [5.41, 5.74) is 0.226. The molecule has 1 aromatic carbocycles. The lowest BCUT2D eigenvalue weighted by atomic mass is 10.2. The van der Waals surface area contributed by atoms with Gasteiger partial charge in [-0.2, -0.15) is 0 Å². The van der Waals surface area contributed by atoms with Crippen molar-refractivity contribution in [2.24, 2.45) is 5.14 Å². The first-order chi connectivity index (χ1) is 8.86.